The van der Waals surface area contributed by atoms with Crippen LogP contribution in [0.1, 0.15) is 12.5 Å². The van der Waals surface area contributed by atoms with Gasteiger partial charge in [-0.3, -0.25) is 4.79 Å². The van der Waals surface area contributed by atoms with Crippen molar-refractivity contribution in [2.24, 2.45) is 16.8 Å². The third kappa shape index (κ3) is 4.07. The van der Waals surface area contributed by atoms with Gasteiger partial charge in [-0.25, -0.2) is 4.39 Å². The van der Waals surface area contributed by atoms with Gasteiger partial charge < -0.3 is 9.88 Å². The van der Waals surface area contributed by atoms with Crippen molar-refractivity contribution in [2.75, 3.05) is 13.1 Å². The van der Waals surface area contributed by atoms with Gasteiger partial charge in [0.15, 0.2) is 4.80 Å². The fraction of sp³-hybridized carbons (Fsp3) is 0.375. The number of rotatable bonds is 4. The van der Waals surface area contributed by atoms with Crippen LogP contribution in [0.2, 0.25) is 0 Å². The summed E-state index contributed by atoms with van der Waals surface area (Å²) in [6.07, 6.45) is 1.83. The monoisotopic (exact) mass is 355 g/mol. The maximum Gasteiger partial charge on any atom is 0.251 e. The molecule has 0 aliphatic carbocycles. The van der Waals surface area contributed by atoms with Crippen LogP contribution in [0.3, 0.4) is 0 Å². The highest BCUT2D eigenvalue weighted by molar-refractivity contribution is 7.07. The van der Waals surface area contributed by atoms with Gasteiger partial charge in [0.25, 0.3) is 5.91 Å². The Kier molecular flexibility index (Phi) is 6.10. The van der Waals surface area contributed by atoms with Gasteiger partial charge in [0.1, 0.15) is 5.82 Å². The Labute approximate surface area is 144 Å². The third-order valence-electron chi connectivity index (χ3n) is 4.07. The van der Waals surface area contributed by atoms with E-state index < -0.39 is 0 Å². The van der Waals surface area contributed by atoms with Gasteiger partial charge in [-0.05, 0) is 25.1 Å². The number of benzene rings is 1. The molecule has 1 aromatic carbocycles. The molecule has 0 bridgehead atoms. The summed E-state index contributed by atoms with van der Waals surface area (Å²) in [5, 5.41) is 5.03. The highest BCUT2D eigenvalue weighted by atomic mass is 35.5. The molecule has 1 N–H and O–H groups in total. The number of thiazole rings is 1. The van der Waals surface area contributed by atoms with Crippen molar-refractivity contribution in [3.8, 4) is 0 Å². The maximum absolute atomic E-state index is 13.7. The zero-order valence-electron chi connectivity index (χ0n) is 12.7. The molecule has 7 heteroatoms. The first-order valence-electron chi connectivity index (χ1n) is 7.32. The van der Waals surface area contributed by atoms with Crippen molar-refractivity contribution in [3.05, 3.63) is 52.0 Å². The minimum atomic E-state index is -0.243. The van der Waals surface area contributed by atoms with E-state index in [9.17, 15) is 9.18 Å². The van der Waals surface area contributed by atoms with Gasteiger partial charge in [-0.2, -0.15) is 4.99 Å². The average Bonchev–Trinajstić information content (AvgIpc) is 2.86. The maximum atomic E-state index is 13.7. The highest BCUT2D eigenvalue weighted by Gasteiger charge is 2.28. The molecule has 1 unspecified atom stereocenters. The van der Waals surface area contributed by atoms with Gasteiger partial charge in [0, 0.05) is 23.1 Å². The number of aromatic nitrogens is 1. The van der Waals surface area contributed by atoms with E-state index in [2.05, 4.69) is 10.3 Å². The first-order valence-corrected chi connectivity index (χ1v) is 8.20. The quantitative estimate of drug-likeness (QED) is 0.915. The number of amides is 1. The predicted octanol–water partition coefficient (Wildman–Crippen LogP) is 2.44. The van der Waals surface area contributed by atoms with Crippen molar-refractivity contribution >= 4 is 29.7 Å². The first-order chi connectivity index (χ1) is 10.6. The Morgan fingerprint density at radius 3 is 2.87 bits per heavy atom. The van der Waals surface area contributed by atoms with Gasteiger partial charge in [-0.1, -0.05) is 25.1 Å². The van der Waals surface area contributed by atoms with E-state index >= 15 is 0 Å². The lowest BCUT2D eigenvalue weighted by atomic mass is 9.88. The summed E-state index contributed by atoms with van der Waals surface area (Å²) in [7, 11) is 0. The molecule has 1 saturated heterocycles. The molecule has 1 atom stereocenters. The molecule has 23 heavy (non-hydrogen) atoms. The Bertz CT molecular complexity index is 739. The lowest BCUT2D eigenvalue weighted by Crippen LogP contribution is -2.47. The molecule has 1 aliphatic heterocycles. The minimum Gasteiger partial charge on any atom is -0.319 e. The first kappa shape index (κ1) is 17.8. The number of hydrogen-bond acceptors (Lipinski definition) is 3. The predicted molar refractivity (Wildman–Crippen MR) is 91.2 cm³/mol. The summed E-state index contributed by atoms with van der Waals surface area (Å²) in [4.78, 5) is 17.1. The van der Waals surface area contributed by atoms with Crippen LogP contribution >= 0.6 is 23.7 Å². The molecule has 124 valence electrons. The number of nitrogens with one attached hydrogen (secondary N) is 1. The minimum absolute atomic E-state index is 0. The van der Waals surface area contributed by atoms with Crippen LogP contribution in [-0.4, -0.2) is 23.6 Å². The van der Waals surface area contributed by atoms with Crippen LogP contribution in [0.5, 0.6) is 0 Å². The largest absolute Gasteiger partial charge is 0.319 e. The van der Waals surface area contributed by atoms with Crippen LogP contribution in [0.25, 0.3) is 0 Å². The Morgan fingerprint density at radius 1 is 1.48 bits per heavy atom. The van der Waals surface area contributed by atoms with Crippen LogP contribution in [0.4, 0.5) is 4.39 Å². The van der Waals surface area contributed by atoms with Crippen molar-refractivity contribution in [1.29, 1.82) is 0 Å². The van der Waals surface area contributed by atoms with Crippen LogP contribution in [0, 0.1) is 17.7 Å². The molecular formula is C16H19ClFN3OS. The summed E-state index contributed by atoms with van der Waals surface area (Å²) >= 11 is 1.40. The van der Waals surface area contributed by atoms with Crippen molar-refractivity contribution in [2.45, 2.75) is 13.5 Å². The highest BCUT2D eigenvalue weighted by Crippen LogP contribution is 2.17. The van der Waals surface area contributed by atoms with Gasteiger partial charge >= 0.3 is 0 Å². The van der Waals surface area contributed by atoms with Crippen molar-refractivity contribution in [3.63, 3.8) is 0 Å². The van der Waals surface area contributed by atoms with Crippen LogP contribution in [-0.2, 0) is 11.3 Å². The third-order valence-corrected chi connectivity index (χ3v) is 4.87. The number of halogens is 2. The molecule has 0 radical (unpaired) electrons. The standard InChI is InChI=1S/C16H18FN3OS.ClH/c1-11(13-8-18-9-13)15(21)19-16-20(6-7-22-16)10-12-4-2-3-5-14(12)17;/h2-7,11,13,18H,8-10H2,1H3;1H. The summed E-state index contributed by atoms with van der Waals surface area (Å²) in [6.45, 7) is 4.05. The average molecular weight is 356 g/mol. The molecule has 2 aromatic rings. The van der Waals surface area contributed by atoms with Gasteiger partial charge in [-0.15, -0.1) is 23.7 Å². The molecule has 4 nitrogen and oxygen atoms in total. The fourth-order valence-corrected chi connectivity index (χ4v) is 3.11. The SMILES string of the molecule is CC(C(=O)N=c1sccn1Cc1ccccc1F)C1CNC1.Cl. The summed E-state index contributed by atoms with van der Waals surface area (Å²) < 4.78 is 15.6. The van der Waals surface area contributed by atoms with Crippen molar-refractivity contribution in [1.82, 2.24) is 9.88 Å². The number of nitrogens with zero attached hydrogens (tertiary/aromatic N) is 2. The van der Waals surface area contributed by atoms with E-state index in [4.69, 9.17) is 0 Å². The Hall–Kier alpha value is -1.50. The van der Waals surface area contributed by atoms with E-state index in [-0.39, 0.29) is 30.0 Å². The van der Waals surface area contributed by atoms with Crippen LogP contribution in [0.15, 0.2) is 40.8 Å². The molecule has 0 saturated carbocycles. The van der Waals surface area contributed by atoms with E-state index in [0.717, 1.165) is 13.1 Å². The topological polar surface area (TPSA) is 46.4 Å². The fourth-order valence-electron chi connectivity index (χ4n) is 2.38. The van der Waals surface area contributed by atoms with Gasteiger partial charge in [0.2, 0.25) is 0 Å². The Balaban J connectivity index is 0.00000192. The summed E-state index contributed by atoms with van der Waals surface area (Å²) in [5.74, 6) is -0.0508. The van der Waals surface area contributed by atoms with Crippen molar-refractivity contribution < 1.29 is 9.18 Å². The summed E-state index contributed by atoms with van der Waals surface area (Å²) in [5.41, 5.74) is 0.589. The molecule has 3 rings (SSSR count). The zero-order chi connectivity index (χ0) is 15.5. The van der Waals surface area contributed by atoms with E-state index in [1.165, 1.54) is 17.4 Å². The molecule has 1 fully saturated rings. The number of carbonyl (C=O) groups excluding carboxylic acids is 1. The van der Waals surface area contributed by atoms with E-state index in [1.54, 1.807) is 18.2 Å². The number of carbonyl (C=O) groups is 1. The van der Waals surface area contributed by atoms with Crippen LogP contribution < -0.4 is 10.1 Å². The smallest absolute Gasteiger partial charge is 0.251 e. The summed E-state index contributed by atoms with van der Waals surface area (Å²) in [6, 6.07) is 6.66. The normalized spacial score (nSPS) is 16.5. The molecule has 1 aliphatic rings. The zero-order valence-corrected chi connectivity index (χ0v) is 14.4. The molecular weight excluding hydrogens is 337 g/mol. The second-order valence-corrected chi connectivity index (χ2v) is 6.43. The lowest BCUT2D eigenvalue weighted by molar-refractivity contribution is -0.123. The second-order valence-electron chi connectivity index (χ2n) is 5.56. The molecule has 0 spiro atoms. The Morgan fingerprint density at radius 2 is 2.22 bits per heavy atom. The second kappa shape index (κ2) is 7.86. The molecule has 1 aromatic heterocycles. The van der Waals surface area contributed by atoms with E-state index in [0.29, 0.717) is 22.8 Å². The molecule has 1 amide bonds. The van der Waals surface area contributed by atoms with Gasteiger partial charge in [0.05, 0.1) is 6.54 Å². The lowest BCUT2D eigenvalue weighted by Gasteiger charge is -2.30. The number of hydrogen-bond donors (Lipinski definition) is 1. The molecule has 2 heterocycles. The van der Waals surface area contributed by atoms with E-state index in [1.807, 2.05) is 23.1 Å².